The van der Waals surface area contributed by atoms with E-state index in [0.717, 1.165) is 17.0 Å². The van der Waals surface area contributed by atoms with Gasteiger partial charge >= 0.3 is 26.6 Å². The van der Waals surface area contributed by atoms with Crippen LogP contribution in [0.5, 0.6) is 0 Å². The SMILES string of the molecule is C=C([CH2-])Cl.CC(C)P(C(C)C)C(C)C.O=C([O-])C(F)(F)F.[Pd+2]. The van der Waals surface area contributed by atoms with Crippen LogP contribution in [0.1, 0.15) is 41.5 Å². The Kier molecular flexibility index (Phi) is 20.3. The summed E-state index contributed by atoms with van der Waals surface area (Å²) < 4.78 is 31.5. The zero-order valence-corrected chi connectivity index (χ0v) is 16.9. The number of allylic oxidation sites excluding steroid dienone is 1. The summed E-state index contributed by atoms with van der Waals surface area (Å²) in [5, 5.41) is 9.17. The average Bonchev–Trinajstić information content (AvgIpc) is 2.12. The molecule has 2 nitrogen and oxygen atoms in total. The van der Waals surface area contributed by atoms with Crippen molar-refractivity contribution in [2.75, 3.05) is 0 Å². The molecule has 0 aromatic heterocycles. The van der Waals surface area contributed by atoms with E-state index in [-0.39, 0.29) is 28.3 Å². The zero-order valence-electron chi connectivity index (χ0n) is 13.7. The van der Waals surface area contributed by atoms with Crippen LogP contribution in [0.3, 0.4) is 0 Å². The van der Waals surface area contributed by atoms with E-state index in [1.165, 1.54) is 0 Å². The van der Waals surface area contributed by atoms with Crippen LogP contribution in [-0.4, -0.2) is 29.1 Å². The van der Waals surface area contributed by atoms with Crippen molar-refractivity contribution < 1.29 is 43.5 Å². The summed E-state index contributed by atoms with van der Waals surface area (Å²) in [6, 6.07) is 0. The first-order chi connectivity index (χ1) is 9.14. The second-order valence-electron chi connectivity index (χ2n) is 5.03. The van der Waals surface area contributed by atoms with E-state index in [1.807, 2.05) is 0 Å². The fourth-order valence-electron chi connectivity index (χ4n) is 1.79. The van der Waals surface area contributed by atoms with E-state index in [0.29, 0.717) is 5.03 Å². The molecule has 0 saturated heterocycles. The van der Waals surface area contributed by atoms with Crippen LogP contribution < -0.4 is 5.11 Å². The van der Waals surface area contributed by atoms with Gasteiger partial charge in [0.15, 0.2) is 0 Å². The Morgan fingerprint density at radius 2 is 1.23 bits per heavy atom. The molecule has 0 heterocycles. The third kappa shape index (κ3) is 22.5. The molecule has 0 aromatic rings. The molecule has 22 heavy (non-hydrogen) atoms. The number of hydrogen-bond donors (Lipinski definition) is 0. The standard InChI is InChI=1S/C9H21P.C3H4Cl.C2HF3O2.Pd/c1-7(2)10(8(3)4)9(5)6;1-3(2)4;3-2(4,5)1(6)7;/h7-9H,1-6H3;1-2H2;(H,6,7);/q;-1;;+2/p-1. The first-order valence-corrected chi connectivity index (χ1v) is 8.29. The molecule has 0 saturated carbocycles. The third-order valence-electron chi connectivity index (χ3n) is 2.02. The average molecular weight is 455 g/mol. The van der Waals surface area contributed by atoms with Crippen LogP contribution in [0.15, 0.2) is 11.6 Å². The fraction of sp³-hybridized carbons (Fsp3) is 0.714. The Labute approximate surface area is 152 Å². The first kappa shape index (κ1) is 30.2. The molecule has 0 aliphatic heterocycles. The number of hydrogen-bond acceptors (Lipinski definition) is 2. The first-order valence-electron chi connectivity index (χ1n) is 6.36. The van der Waals surface area contributed by atoms with Gasteiger partial charge in [-0.15, -0.1) is 16.6 Å². The molecular weight excluding hydrogens is 430 g/mol. The summed E-state index contributed by atoms with van der Waals surface area (Å²) in [6.45, 7) is 20.5. The molecule has 0 N–H and O–H groups in total. The van der Waals surface area contributed by atoms with Gasteiger partial charge in [-0.25, -0.2) is 13.5 Å². The molecule has 0 aromatic carbocycles. The number of alkyl halides is 3. The monoisotopic (exact) mass is 454 g/mol. The van der Waals surface area contributed by atoms with E-state index in [4.69, 9.17) is 21.5 Å². The van der Waals surface area contributed by atoms with Gasteiger partial charge in [-0.05, 0) is 17.0 Å². The van der Waals surface area contributed by atoms with E-state index < -0.39 is 12.1 Å². The van der Waals surface area contributed by atoms with Crippen molar-refractivity contribution in [1.29, 1.82) is 0 Å². The van der Waals surface area contributed by atoms with E-state index >= 15 is 0 Å². The van der Waals surface area contributed by atoms with Gasteiger partial charge in [0, 0.05) is 0 Å². The third-order valence-corrected chi connectivity index (χ3v) is 5.60. The van der Waals surface area contributed by atoms with E-state index in [1.54, 1.807) is 0 Å². The second kappa shape index (κ2) is 14.8. The number of carboxylic acid groups (broad SMARTS) is 1. The van der Waals surface area contributed by atoms with Crippen LogP contribution >= 0.6 is 19.5 Å². The van der Waals surface area contributed by atoms with Crippen molar-refractivity contribution in [3.8, 4) is 0 Å². The van der Waals surface area contributed by atoms with Gasteiger partial charge in [0.1, 0.15) is 5.97 Å². The Morgan fingerprint density at radius 1 is 1.09 bits per heavy atom. The summed E-state index contributed by atoms with van der Waals surface area (Å²) in [6.07, 6.45) is -5.19. The quantitative estimate of drug-likeness (QED) is 0.356. The molecule has 0 amide bonds. The number of carbonyl (C=O) groups is 1. The molecule has 0 atom stereocenters. The van der Waals surface area contributed by atoms with Gasteiger partial charge in [-0.3, -0.25) is 0 Å². The van der Waals surface area contributed by atoms with Crippen LogP contribution in [-0.2, 0) is 25.2 Å². The molecule has 0 aliphatic carbocycles. The zero-order chi connectivity index (χ0) is 18.0. The van der Waals surface area contributed by atoms with Crippen LogP contribution in [0, 0.1) is 6.92 Å². The minimum atomic E-state index is -5.19. The fourth-order valence-corrected chi connectivity index (χ4v) is 5.37. The molecule has 0 unspecified atom stereocenters. The van der Waals surface area contributed by atoms with Gasteiger partial charge in [0.2, 0.25) is 0 Å². The number of carboxylic acids is 1. The summed E-state index contributed by atoms with van der Waals surface area (Å²) >= 11 is 4.97. The Balaban J connectivity index is -0.000000118. The second-order valence-corrected chi connectivity index (χ2v) is 9.56. The van der Waals surface area contributed by atoms with Gasteiger partial charge < -0.3 is 9.90 Å². The minimum absolute atomic E-state index is 0. The number of aliphatic carboxylic acids is 1. The smallest absolute Gasteiger partial charge is 0.542 e. The van der Waals surface area contributed by atoms with Gasteiger partial charge in [0.05, 0.1) is 0 Å². The summed E-state index contributed by atoms with van der Waals surface area (Å²) in [7, 11) is 0.262. The summed E-state index contributed by atoms with van der Waals surface area (Å²) in [5.74, 6) is -3.01. The molecule has 0 spiro atoms. The van der Waals surface area contributed by atoms with Crippen molar-refractivity contribution in [3.05, 3.63) is 18.5 Å². The van der Waals surface area contributed by atoms with Gasteiger partial charge in [0.25, 0.3) is 0 Å². The normalized spacial score (nSPS) is 10.5. The minimum Gasteiger partial charge on any atom is -0.542 e. The summed E-state index contributed by atoms with van der Waals surface area (Å²) in [4.78, 5) is 8.78. The largest absolute Gasteiger partial charge is 2.00 e. The molecular formula is C14H25ClF3O2PPd. The van der Waals surface area contributed by atoms with Gasteiger partial charge in [-0.1, -0.05) is 49.5 Å². The molecule has 0 fully saturated rings. The predicted octanol–water partition coefficient (Wildman–Crippen LogP) is 4.56. The topological polar surface area (TPSA) is 40.1 Å². The van der Waals surface area contributed by atoms with Gasteiger partial charge in [-0.2, -0.15) is 13.2 Å². The Bertz CT molecular complexity index is 286. The Morgan fingerprint density at radius 3 is 1.23 bits per heavy atom. The van der Waals surface area contributed by atoms with Crippen molar-refractivity contribution >= 4 is 25.5 Å². The maximum absolute atomic E-state index is 10.5. The summed E-state index contributed by atoms with van der Waals surface area (Å²) in [5.41, 5.74) is 2.69. The predicted molar refractivity (Wildman–Crippen MR) is 83.7 cm³/mol. The number of carbonyl (C=O) groups excluding carboxylic acids is 1. The molecule has 136 valence electrons. The molecule has 0 aliphatic rings. The number of rotatable bonds is 3. The molecule has 0 radical (unpaired) electrons. The molecule has 0 bridgehead atoms. The molecule has 0 rings (SSSR count). The van der Waals surface area contributed by atoms with Crippen molar-refractivity contribution in [2.24, 2.45) is 0 Å². The Hall–Kier alpha value is 0.252. The molecule has 8 heteroatoms. The van der Waals surface area contributed by atoms with Crippen LogP contribution in [0.25, 0.3) is 0 Å². The number of halogens is 4. The van der Waals surface area contributed by atoms with Crippen molar-refractivity contribution in [1.82, 2.24) is 0 Å². The van der Waals surface area contributed by atoms with Crippen LogP contribution in [0.2, 0.25) is 0 Å². The van der Waals surface area contributed by atoms with Crippen LogP contribution in [0.4, 0.5) is 13.2 Å². The van der Waals surface area contributed by atoms with Crippen molar-refractivity contribution in [2.45, 2.75) is 64.7 Å². The maximum atomic E-state index is 10.5. The van der Waals surface area contributed by atoms with E-state index in [2.05, 4.69) is 55.0 Å². The van der Waals surface area contributed by atoms with Crippen molar-refractivity contribution in [3.63, 3.8) is 0 Å². The van der Waals surface area contributed by atoms with E-state index in [9.17, 15) is 13.2 Å². The maximum Gasteiger partial charge on any atom is 2.00 e.